The van der Waals surface area contributed by atoms with Crippen LogP contribution >= 0.6 is 0 Å². The first-order valence-electron chi connectivity index (χ1n) is 7.81. The molecule has 1 aromatic rings. The molecule has 118 valence electrons. The number of hydrogen-bond donors (Lipinski definition) is 0. The average molecular weight is 302 g/mol. The van der Waals surface area contributed by atoms with Crippen molar-refractivity contribution in [3.8, 4) is 0 Å². The fourth-order valence-electron chi connectivity index (χ4n) is 3.13. The predicted molar refractivity (Wildman–Crippen MR) is 85.2 cm³/mol. The Hall–Kier alpha value is -1.33. The Morgan fingerprint density at radius 1 is 1.23 bits per heavy atom. The van der Waals surface area contributed by atoms with Crippen LogP contribution in [0, 0.1) is 0 Å². The summed E-state index contributed by atoms with van der Waals surface area (Å²) in [5.41, 5.74) is 2.51. The van der Waals surface area contributed by atoms with E-state index in [1.807, 2.05) is 39.8 Å². The van der Waals surface area contributed by atoms with Gasteiger partial charge in [0.2, 0.25) is 0 Å². The summed E-state index contributed by atoms with van der Waals surface area (Å²) in [4.78, 5) is 11.9. The van der Waals surface area contributed by atoms with E-state index in [-0.39, 0.29) is 23.1 Å². The van der Waals surface area contributed by atoms with E-state index in [9.17, 15) is 4.79 Å². The summed E-state index contributed by atoms with van der Waals surface area (Å²) in [6.45, 7) is 8.16. The summed E-state index contributed by atoms with van der Waals surface area (Å²) in [7, 11) is 1.05. The van der Waals surface area contributed by atoms with Crippen LogP contribution in [0.2, 0.25) is 0 Å². The summed E-state index contributed by atoms with van der Waals surface area (Å²) in [5, 5.41) is 0. The van der Waals surface area contributed by atoms with Gasteiger partial charge in [0.1, 0.15) is 0 Å². The maximum absolute atomic E-state index is 11.9. The number of fused-ring (bicyclic) bond motifs is 1. The summed E-state index contributed by atoms with van der Waals surface area (Å²) in [5.74, 6) is -0.327. The molecule has 4 nitrogen and oxygen atoms in total. The smallest absolute Gasteiger partial charge is 0.469 e. The van der Waals surface area contributed by atoms with Crippen molar-refractivity contribution >= 4 is 18.6 Å². The number of methoxy groups -OCH3 is 1. The fraction of sp³-hybridized carbons (Fsp3) is 0.588. The number of benzene rings is 1. The molecule has 1 aromatic carbocycles. The Morgan fingerprint density at radius 2 is 1.86 bits per heavy atom. The minimum Gasteiger partial charge on any atom is -0.469 e. The van der Waals surface area contributed by atoms with Crippen molar-refractivity contribution in [2.45, 2.75) is 57.7 Å². The molecule has 1 saturated heterocycles. The van der Waals surface area contributed by atoms with Crippen LogP contribution in [0.15, 0.2) is 18.2 Å². The molecule has 2 aliphatic rings. The van der Waals surface area contributed by atoms with Crippen LogP contribution in [0.3, 0.4) is 0 Å². The zero-order valence-electron chi connectivity index (χ0n) is 13.9. The van der Waals surface area contributed by atoms with E-state index in [0.717, 1.165) is 23.9 Å². The van der Waals surface area contributed by atoms with E-state index in [1.165, 1.54) is 12.7 Å². The highest BCUT2D eigenvalue weighted by Crippen LogP contribution is 2.38. The van der Waals surface area contributed by atoms with Gasteiger partial charge in [0.15, 0.2) is 0 Å². The van der Waals surface area contributed by atoms with E-state index < -0.39 is 7.12 Å². The van der Waals surface area contributed by atoms with E-state index in [4.69, 9.17) is 14.0 Å². The normalized spacial score (nSPS) is 25.1. The zero-order valence-corrected chi connectivity index (χ0v) is 13.9. The van der Waals surface area contributed by atoms with Crippen molar-refractivity contribution in [2.75, 3.05) is 7.11 Å². The zero-order chi connectivity index (χ0) is 16.1. The molecule has 1 fully saturated rings. The maximum Gasteiger partial charge on any atom is 0.494 e. The van der Waals surface area contributed by atoms with Crippen molar-refractivity contribution in [3.05, 3.63) is 29.3 Å². The average Bonchev–Trinajstić information content (AvgIpc) is 2.96. The summed E-state index contributed by atoms with van der Waals surface area (Å²) in [6, 6.07) is 6.17. The maximum atomic E-state index is 11.9. The van der Waals surface area contributed by atoms with E-state index >= 15 is 0 Å². The third-order valence-corrected chi connectivity index (χ3v) is 5.26. The second-order valence-corrected chi connectivity index (χ2v) is 7.16. The molecule has 0 radical (unpaired) electrons. The van der Waals surface area contributed by atoms with Crippen LogP contribution < -0.4 is 5.46 Å². The van der Waals surface area contributed by atoms with Crippen molar-refractivity contribution in [1.29, 1.82) is 0 Å². The third kappa shape index (κ3) is 2.36. The van der Waals surface area contributed by atoms with Gasteiger partial charge >= 0.3 is 13.1 Å². The Labute approximate surface area is 132 Å². The first-order valence-corrected chi connectivity index (χ1v) is 7.81. The van der Waals surface area contributed by atoms with E-state index in [1.54, 1.807) is 0 Å². The van der Waals surface area contributed by atoms with Gasteiger partial charge in [-0.1, -0.05) is 18.2 Å². The van der Waals surface area contributed by atoms with Crippen LogP contribution in [0.25, 0.3) is 0 Å². The molecule has 1 aliphatic carbocycles. The number of aryl methyl sites for hydroxylation is 1. The minimum absolute atomic E-state index is 0.162. The standard InChI is InChI=1S/C17H23BO4/c1-16(2)17(3,4)22-18(21-16)12-8-6-11-7-9-13(14(11)10-12)15(19)20-5/h6,8,10,13H,7,9H2,1-5H3. The first kappa shape index (κ1) is 15.6. The second-order valence-electron chi connectivity index (χ2n) is 7.16. The fourth-order valence-corrected chi connectivity index (χ4v) is 3.13. The molecule has 0 amide bonds. The quantitative estimate of drug-likeness (QED) is 0.620. The molecule has 0 aromatic heterocycles. The molecule has 1 unspecified atom stereocenters. The predicted octanol–water partition coefficient (Wildman–Crippen LogP) is 2.19. The van der Waals surface area contributed by atoms with Crippen LogP contribution in [-0.2, 0) is 25.3 Å². The SMILES string of the molecule is COC(=O)C1CCc2ccc(B3OC(C)(C)C(C)(C)O3)cc21. The van der Waals surface area contributed by atoms with Crippen LogP contribution in [0.5, 0.6) is 0 Å². The lowest BCUT2D eigenvalue weighted by molar-refractivity contribution is -0.142. The van der Waals surface area contributed by atoms with Gasteiger partial charge in [0.05, 0.1) is 24.2 Å². The number of carbonyl (C=O) groups excluding carboxylic acids is 1. The van der Waals surface area contributed by atoms with Gasteiger partial charge in [-0.15, -0.1) is 0 Å². The summed E-state index contributed by atoms with van der Waals surface area (Å²) >= 11 is 0. The highest BCUT2D eigenvalue weighted by Gasteiger charge is 2.51. The van der Waals surface area contributed by atoms with Crippen molar-refractivity contribution < 1.29 is 18.8 Å². The molecule has 0 bridgehead atoms. The highest BCUT2D eigenvalue weighted by molar-refractivity contribution is 6.62. The van der Waals surface area contributed by atoms with Gasteiger partial charge in [0, 0.05) is 0 Å². The van der Waals surface area contributed by atoms with Crippen LogP contribution in [0.1, 0.15) is 51.2 Å². The van der Waals surface area contributed by atoms with Gasteiger partial charge in [-0.25, -0.2) is 0 Å². The third-order valence-electron chi connectivity index (χ3n) is 5.26. The Morgan fingerprint density at radius 3 is 2.45 bits per heavy atom. The topological polar surface area (TPSA) is 44.8 Å². The largest absolute Gasteiger partial charge is 0.494 e. The molecule has 0 saturated carbocycles. The molecule has 5 heteroatoms. The van der Waals surface area contributed by atoms with Gasteiger partial charge in [-0.3, -0.25) is 4.79 Å². The second kappa shape index (κ2) is 5.10. The molecular weight excluding hydrogens is 279 g/mol. The molecule has 0 spiro atoms. The van der Waals surface area contributed by atoms with Crippen molar-refractivity contribution in [3.63, 3.8) is 0 Å². The Balaban J connectivity index is 1.91. The van der Waals surface area contributed by atoms with Gasteiger partial charge in [0.25, 0.3) is 0 Å². The lowest BCUT2D eigenvalue weighted by Gasteiger charge is -2.32. The van der Waals surface area contributed by atoms with Crippen molar-refractivity contribution in [2.24, 2.45) is 0 Å². The summed E-state index contributed by atoms with van der Waals surface area (Å²) in [6.07, 6.45) is 1.73. The molecule has 1 aliphatic heterocycles. The lowest BCUT2D eigenvalue weighted by atomic mass is 9.77. The Kier molecular flexibility index (Phi) is 3.61. The molecular formula is C17H23BO4. The van der Waals surface area contributed by atoms with E-state index in [2.05, 4.69) is 6.07 Å². The number of esters is 1. The van der Waals surface area contributed by atoms with Gasteiger partial charge in [-0.2, -0.15) is 0 Å². The number of ether oxygens (including phenoxy) is 1. The number of rotatable bonds is 2. The number of carbonyl (C=O) groups is 1. The van der Waals surface area contributed by atoms with Crippen LogP contribution in [0.4, 0.5) is 0 Å². The molecule has 22 heavy (non-hydrogen) atoms. The highest BCUT2D eigenvalue weighted by atomic mass is 16.7. The first-order chi connectivity index (χ1) is 10.2. The number of hydrogen-bond acceptors (Lipinski definition) is 4. The van der Waals surface area contributed by atoms with Gasteiger partial charge < -0.3 is 14.0 Å². The molecule has 3 rings (SSSR count). The van der Waals surface area contributed by atoms with Crippen molar-refractivity contribution in [1.82, 2.24) is 0 Å². The lowest BCUT2D eigenvalue weighted by Crippen LogP contribution is -2.41. The van der Waals surface area contributed by atoms with E-state index in [0.29, 0.717) is 0 Å². The molecule has 1 heterocycles. The van der Waals surface area contributed by atoms with Crippen LogP contribution in [-0.4, -0.2) is 31.4 Å². The molecule has 1 atom stereocenters. The monoisotopic (exact) mass is 302 g/mol. The Bertz CT molecular complexity index is 593. The van der Waals surface area contributed by atoms with Gasteiger partial charge in [-0.05, 0) is 57.1 Å². The minimum atomic E-state index is -0.394. The molecule has 0 N–H and O–H groups in total. The summed E-state index contributed by atoms with van der Waals surface area (Å²) < 4.78 is 17.1.